The van der Waals surface area contributed by atoms with Crippen molar-refractivity contribution >= 4 is 60.0 Å². The van der Waals surface area contributed by atoms with Crippen LogP contribution < -0.4 is 10.2 Å². The second-order valence-corrected chi connectivity index (χ2v) is 17.4. The number of rotatable bonds is 8. The van der Waals surface area contributed by atoms with E-state index in [1.54, 1.807) is 6.07 Å². The third-order valence-corrected chi connectivity index (χ3v) is 7.47. The van der Waals surface area contributed by atoms with Crippen LogP contribution in [-0.4, -0.2) is 55.0 Å². The Balaban J connectivity index is 2.11. The Morgan fingerprint density at radius 1 is 1.11 bits per heavy atom. The molecule has 2 heterocycles. The van der Waals surface area contributed by atoms with Gasteiger partial charge in [0.05, 0.1) is 5.69 Å². The first-order valence-corrected chi connectivity index (χ1v) is 16.2. The van der Waals surface area contributed by atoms with E-state index in [1.165, 1.54) is 0 Å². The fraction of sp³-hybridized carbons (Fsp3) is 0.480. The number of ether oxygens (including phenoxy) is 2. The number of anilines is 2. The van der Waals surface area contributed by atoms with E-state index in [0.29, 0.717) is 40.4 Å². The normalized spacial score (nSPS) is 12.2. The van der Waals surface area contributed by atoms with Crippen LogP contribution in [0.5, 0.6) is 0 Å². The Hall–Kier alpha value is -2.33. The summed E-state index contributed by atoms with van der Waals surface area (Å²) in [5.41, 5.74) is 2.27. The smallest absolute Gasteiger partial charge is 0.412 e. The number of para-hydroxylation sites is 1. The predicted molar refractivity (Wildman–Crippen MR) is 151 cm³/mol. The van der Waals surface area contributed by atoms with E-state index in [1.807, 2.05) is 62.5 Å². The minimum atomic E-state index is -1.24. The van der Waals surface area contributed by atoms with Crippen molar-refractivity contribution in [2.24, 2.45) is 0 Å². The summed E-state index contributed by atoms with van der Waals surface area (Å²) in [6.07, 6.45) is -0.570. The molecule has 8 nitrogen and oxygen atoms in total. The maximum atomic E-state index is 12.5. The molecule has 36 heavy (non-hydrogen) atoms. The van der Waals surface area contributed by atoms with Crippen molar-refractivity contribution in [1.82, 2.24) is 14.5 Å². The molecule has 0 spiro atoms. The number of nitrogens with zero attached hydrogens (tertiary/aromatic N) is 4. The van der Waals surface area contributed by atoms with Crippen molar-refractivity contribution in [3.05, 3.63) is 34.6 Å². The molecule has 3 rings (SSSR count). The summed E-state index contributed by atoms with van der Waals surface area (Å²) in [6, 6.07) is 8.35. The molecular formula is C25H35Cl2N5O3Si. The number of benzene rings is 1. The average Bonchev–Trinajstić information content (AvgIpc) is 3.10. The molecule has 0 fully saturated rings. The van der Waals surface area contributed by atoms with Gasteiger partial charge in [-0.05, 0) is 32.9 Å². The highest BCUT2D eigenvalue weighted by Gasteiger charge is 2.25. The molecule has 2 aromatic heterocycles. The zero-order chi connectivity index (χ0) is 26.8. The Labute approximate surface area is 223 Å². The van der Waals surface area contributed by atoms with Crippen molar-refractivity contribution in [1.29, 1.82) is 0 Å². The number of hydrogen-bond donors (Lipinski definition) is 1. The molecule has 3 aromatic rings. The third-order valence-electron chi connectivity index (χ3n) is 5.23. The summed E-state index contributed by atoms with van der Waals surface area (Å²) in [4.78, 5) is 23.7. The van der Waals surface area contributed by atoms with Gasteiger partial charge in [-0.3, -0.25) is 9.88 Å². The molecule has 1 amide bonds. The molecule has 0 radical (unpaired) electrons. The summed E-state index contributed by atoms with van der Waals surface area (Å²) < 4.78 is 13.4. The molecule has 11 heteroatoms. The summed E-state index contributed by atoms with van der Waals surface area (Å²) in [5.74, 6) is 0.655. The number of carbonyl (C=O) groups excluding carboxylic acids is 1. The molecule has 1 aromatic carbocycles. The van der Waals surface area contributed by atoms with Crippen LogP contribution in [0, 0.1) is 0 Å². The molecular weight excluding hydrogens is 517 g/mol. The minimum Gasteiger partial charge on any atom is -0.444 e. The fourth-order valence-electron chi connectivity index (χ4n) is 3.58. The van der Waals surface area contributed by atoms with Gasteiger partial charge in [0.2, 0.25) is 5.95 Å². The zero-order valence-corrected chi connectivity index (χ0v) is 24.7. The molecule has 0 aliphatic rings. The number of hydrogen-bond acceptors (Lipinski definition) is 6. The van der Waals surface area contributed by atoms with E-state index in [4.69, 9.17) is 37.7 Å². The molecule has 0 bridgehead atoms. The average molecular weight is 553 g/mol. The standard InChI is InChI=1S/C25H35Cl2N5O3Si/c1-25(2,3)35-24(33)28-17-12-10-9-11-16(17)18-19-20(22(27)30-21(18)26)32(23(29-19)31(4)5)15-34-13-14-36(6,7)8/h9-12H,13-15H2,1-8H3,(H,28,33). The monoisotopic (exact) mass is 551 g/mol. The SMILES string of the molecule is CN(C)c1nc2c(-c3ccccc3NC(=O)OC(C)(C)C)c(Cl)nc(Cl)c2n1COCC[Si](C)(C)C. The number of halogens is 2. The van der Waals surface area contributed by atoms with Crippen LogP contribution in [0.15, 0.2) is 24.3 Å². The quantitative estimate of drug-likeness (QED) is 0.182. The Bertz CT molecular complexity index is 1250. The highest BCUT2D eigenvalue weighted by molar-refractivity contribution is 6.76. The van der Waals surface area contributed by atoms with Gasteiger partial charge in [-0.25, -0.2) is 14.8 Å². The lowest BCUT2D eigenvalue weighted by Gasteiger charge is -2.20. The number of nitrogens with one attached hydrogen (secondary N) is 1. The number of imidazole rings is 1. The van der Waals surface area contributed by atoms with Gasteiger partial charge in [-0.15, -0.1) is 0 Å². The number of pyridine rings is 1. The van der Waals surface area contributed by atoms with E-state index < -0.39 is 19.8 Å². The van der Waals surface area contributed by atoms with E-state index in [0.717, 1.165) is 6.04 Å². The van der Waals surface area contributed by atoms with Gasteiger partial charge in [0.25, 0.3) is 0 Å². The minimum absolute atomic E-state index is 0.181. The van der Waals surface area contributed by atoms with E-state index in [2.05, 4.69) is 29.9 Å². The second-order valence-electron chi connectivity index (χ2n) is 11.0. The highest BCUT2D eigenvalue weighted by atomic mass is 35.5. The van der Waals surface area contributed by atoms with Crippen LogP contribution in [0.3, 0.4) is 0 Å². The molecule has 1 N–H and O–H groups in total. The van der Waals surface area contributed by atoms with Crippen LogP contribution in [0.25, 0.3) is 22.2 Å². The second kappa shape index (κ2) is 11.0. The molecule has 0 saturated heterocycles. The fourth-order valence-corrected chi connectivity index (χ4v) is 4.93. The van der Waals surface area contributed by atoms with Crippen LogP contribution in [-0.2, 0) is 16.2 Å². The van der Waals surface area contributed by atoms with Crippen molar-refractivity contribution in [3.8, 4) is 11.1 Å². The van der Waals surface area contributed by atoms with Gasteiger partial charge in [0, 0.05) is 39.9 Å². The van der Waals surface area contributed by atoms with E-state index >= 15 is 0 Å². The predicted octanol–water partition coefficient (Wildman–Crippen LogP) is 7.13. The first kappa shape index (κ1) is 28.2. The molecule has 0 aliphatic carbocycles. The topological polar surface area (TPSA) is 81.5 Å². The lowest BCUT2D eigenvalue weighted by Crippen LogP contribution is -2.27. The summed E-state index contributed by atoms with van der Waals surface area (Å²) in [5, 5.41) is 3.23. The van der Waals surface area contributed by atoms with Crippen molar-refractivity contribution in [3.63, 3.8) is 0 Å². The Morgan fingerprint density at radius 2 is 1.78 bits per heavy atom. The van der Waals surface area contributed by atoms with Gasteiger partial charge in [0.15, 0.2) is 5.15 Å². The Morgan fingerprint density at radius 3 is 2.39 bits per heavy atom. The first-order chi connectivity index (χ1) is 16.7. The number of carbonyl (C=O) groups is 1. The largest absolute Gasteiger partial charge is 0.444 e. The maximum absolute atomic E-state index is 12.5. The van der Waals surface area contributed by atoms with Gasteiger partial charge < -0.3 is 14.4 Å². The first-order valence-electron chi connectivity index (χ1n) is 11.8. The summed E-state index contributed by atoms with van der Waals surface area (Å²) in [7, 11) is 2.57. The summed E-state index contributed by atoms with van der Waals surface area (Å²) in [6.45, 7) is 13.3. The van der Waals surface area contributed by atoms with Crippen molar-refractivity contribution in [2.75, 3.05) is 30.9 Å². The summed E-state index contributed by atoms with van der Waals surface area (Å²) >= 11 is 13.3. The van der Waals surface area contributed by atoms with Crippen LogP contribution >= 0.6 is 23.2 Å². The number of aromatic nitrogens is 3. The molecule has 0 atom stereocenters. The lowest BCUT2D eigenvalue weighted by molar-refractivity contribution is 0.0636. The van der Waals surface area contributed by atoms with E-state index in [-0.39, 0.29) is 17.0 Å². The number of fused-ring (bicyclic) bond motifs is 1. The highest BCUT2D eigenvalue weighted by Crippen LogP contribution is 2.41. The van der Waals surface area contributed by atoms with Crippen molar-refractivity contribution < 1.29 is 14.3 Å². The molecule has 0 unspecified atom stereocenters. The van der Waals surface area contributed by atoms with Crippen LogP contribution in [0.1, 0.15) is 20.8 Å². The number of amides is 1. The van der Waals surface area contributed by atoms with Gasteiger partial charge >= 0.3 is 6.09 Å². The molecule has 0 aliphatic heterocycles. The van der Waals surface area contributed by atoms with Gasteiger partial charge in [0.1, 0.15) is 28.5 Å². The van der Waals surface area contributed by atoms with E-state index in [9.17, 15) is 4.79 Å². The molecule has 0 saturated carbocycles. The van der Waals surface area contributed by atoms with Gasteiger partial charge in [-0.2, -0.15) is 0 Å². The zero-order valence-electron chi connectivity index (χ0n) is 22.2. The lowest BCUT2D eigenvalue weighted by atomic mass is 10.0. The third kappa shape index (κ3) is 6.91. The van der Waals surface area contributed by atoms with Crippen molar-refractivity contribution in [2.45, 2.75) is 58.8 Å². The van der Waals surface area contributed by atoms with Crippen LogP contribution in [0.2, 0.25) is 36.0 Å². The van der Waals surface area contributed by atoms with Gasteiger partial charge in [-0.1, -0.05) is 61.0 Å². The molecule has 196 valence electrons. The van der Waals surface area contributed by atoms with Crippen LogP contribution in [0.4, 0.5) is 16.4 Å². The maximum Gasteiger partial charge on any atom is 0.412 e. The Kier molecular flexibility index (Phi) is 8.60.